The first-order valence-electron chi connectivity index (χ1n) is 10.4. The van der Waals surface area contributed by atoms with Crippen LogP contribution in [0.5, 0.6) is 17.2 Å². The molecule has 2 aromatic rings. The zero-order chi connectivity index (χ0) is 19.9. The third-order valence-electron chi connectivity index (χ3n) is 4.71. The van der Waals surface area contributed by atoms with Crippen LogP contribution in [0.3, 0.4) is 0 Å². The Hall–Kier alpha value is -2.42. The largest absolute Gasteiger partial charge is 0.497 e. The number of rotatable bonds is 15. The second-order valence-electron chi connectivity index (χ2n) is 7.01. The number of ether oxygens (including phenoxy) is 3. The normalized spacial score (nSPS) is 10.5. The van der Waals surface area contributed by atoms with E-state index in [-0.39, 0.29) is 0 Å². The minimum Gasteiger partial charge on any atom is -0.497 e. The summed E-state index contributed by atoms with van der Waals surface area (Å²) in [4.78, 5) is 0. The Morgan fingerprint density at radius 3 is 1.86 bits per heavy atom. The maximum absolute atomic E-state index is 5.84. The van der Waals surface area contributed by atoms with Gasteiger partial charge >= 0.3 is 0 Å². The highest BCUT2D eigenvalue weighted by atomic mass is 16.5. The van der Waals surface area contributed by atoms with Crippen molar-refractivity contribution in [3.8, 4) is 17.2 Å². The fourth-order valence-electron chi connectivity index (χ4n) is 2.99. The number of hydrogen-bond acceptors (Lipinski definition) is 3. The van der Waals surface area contributed by atoms with Crippen LogP contribution in [0.25, 0.3) is 0 Å². The standard InChI is InChI=1S/C25H34O3/c1-3-4-5-6-7-8-9-10-11-20-27-24-14-12-22(13-15-24)21-28-25-18-16-23(26-2)17-19-25/h3,12-19H,1,4-11,20-21H2,2H3. The molecule has 0 spiro atoms. The second-order valence-corrected chi connectivity index (χ2v) is 7.01. The van der Waals surface area contributed by atoms with Gasteiger partial charge in [-0.2, -0.15) is 0 Å². The molecule has 0 saturated carbocycles. The Kier molecular flexibility index (Phi) is 10.7. The lowest BCUT2D eigenvalue weighted by molar-refractivity contribution is 0.299. The number of benzene rings is 2. The van der Waals surface area contributed by atoms with Crippen LogP contribution in [0, 0.1) is 0 Å². The summed E-state index contributed by atoms with van der Waals surface area (Å²) in [7, 11) is 1.66. The Bertz CT molecular complexity index is 646. The number of hydrogen-bond donors (Lipinski definition) is 0. The van der Waals surface area contributed by atoms with Crippen LogP contribution < -0.4 is 14.2 Å². The van der Waals surface area contributed by atoms with Gasteiger partial charge in [-0.05, 0) is 61.2 Å². The molecule has 2 rings (SSSR count). The topological polar surface area (TPSA) is 27.7 Å². The molecule has 0 amide bonds. The molecule has 0 aliphatic carbocycles. The van der Waals surface area contributed by atoms with Crippen LogP contribution >= 0.6 is 0 Å². The molecule has 152 valence electrons. The fraction of sp³-hybridized carbons (Fsp3) is 0.440. The van der Waals surface area contributed by atoms with Crippen LogP contribution in [0.15, 0.2) is 61.2 Å². The molecule has 0 aliphatic rings. The molecule has 3 heteroatoms. The van der Waals surface area contributed by atoms with Crippen molar-refractivity contribution in [1.29, 1.82) is 0 Å². The van der Waals surface area contributed by atoms with Gasteiger partial charge in [0.05, 0.1) is 13.7 Å². The Balaban J connectivity index is 1.55. The van der Waals surface area contributed by atoms with Crippen molar-refractivity contribution in [2.24, 2.45) is 0 Å². The first-order valence-corrected chi connectivity index (χ1v) is 10.4. The quantitative estimate of drug-likeness (QED) is 0.246. The van der Waals surface area contributed by atoms with E-state index in [0.717, 1.165) is 42.3 Å². The zero-order valence-electron chi connectivity index (χ0n) is 17.2. The lowest BCUT2D eigenvalue weighted by atomic mass is 10.1. The van der Waals surface area contributed by atoms with Crippen LogP contribution in [-0.2, 0) is 6.61 Å². The van der Waals surface area contributed by atoms with E-state index in [1.165, 1.54) is 38.5 Å². The molecule has 3 nitrogen and oxygen atoms in total. The summed E-state index contributed by atoms with van der Waals surface area (Å²) in [5.74, 6) is 2.59. The van der Waals surface area contributed by atoms with Gasteiger partial charge in [0.15, 0.2) is 0 Å². The monoisotopic (exact) mass is 382 g/mol. The molecule has 2 aromatic carbocycles. The third-order valence-corrected chi connectivity index (χ3v) is 4.71. The minimum atomic E-state index is 0.541. The lowest BCUT2D eigenvalue weighted by Crippen LogP contribution is -1.99. The fourth-order valence-corrected chi connectivity index (χ4v) is 2.99. The van der Waals surface area contributed by atoms with E-state index in [4.69, 9.17) is 14.2 Å². The van der Waals surface area contributed by atoms with Gasteiger partial charge in [0.25, 0.3) is 0 Å². The molecule has 0 aliphatic heterocycles. The summed E-state index contributed by atoms with van der Waals surface area (Å²) in [6, 6.07) is 15.8. The SMILES string of the molecule is C=CCCCCCCCCCOc1ccc(COc2ccc(OC)cc2)cc1. The molecule has 0 bridgehead atoms. The van der Waals surface area contributed by atoms with Gasteiger partial charge in [-0.1, -0.05) is 50.3 Å². The van der Waals surface area contributed by atoms with Crippen LogP contribution in [0.1, 0.15) is 56.9 Å². The van der Waals surface area contributed by atoms with Crippen molar-refractivity contribution in [3.63, 3.8) is 0 Å². The van der Waals surface area contributed by atoms with Crippen molar-refractivity contribution in [1.82, 2.24) is 0 Å². The zero-order valence-corrected chi connectivity index (χ0v) is 17.2. The number of methoxy groups -OCH3 is 1. The van der Waals surface area contributed by atoms with Crippen molar-refractivity contribution < 1.29 is 14.2 Å². The van der Waals surface area contributed by atoms with E-state index in [0.29, 0.717) is 6.61 Å². The van der Waals surface area contributed by atoms with Gasteiger partial charge in [-0.15, -0.1) is 6.58 Å². The van der Waals surface area contributed by atoms with E-state index in [9.17, 15) is 0 Å². The summed E-state index contributed by atoms with van der Waals surface area (Å²) in [5, 5.41) is 0. The first kappa shape index (κ1) is 21.9. The smallest absolute Gasteiger partial charge is 0.120 e. The van der Waals surface area contributed by atoms with Gasteiger partial charge in [0.2, 0.25) is 0 Å². The average molecular weight is 383 g/mol. The molecule has 0 unspecified atom stereocenters. The molecule has 0 saturated heterocycles. The highest BCUT2D eigenvalue weighted by molar-refractivity contribution is 5.32. The average Bonchev–Trinajstić information content (AvgIpc) is 2.75. The van der Waals surface area contributed by atoms with Gasteiger partial charge in [-0.25, -0.2) is 0 Å². The molecule has 0 atom stereocenters. The van der Waals surface area contributed by atoms with Crippen LogP contribution in [0.4, 0.5) is 0 Å². The van der Waals surface area contributed by atoms with E-state index >= 15 is 0 Å². The highest BCUT2D eigenvalue weighted by Crippen LogP contribution is 2.19. The van der Waals surface area contributed by atoms with E-state index in [1.54, 1.807) is 7.11 Å². The van der Waals surface area contributed by atoms with Gasteiger partial charge in [-0.3, -0.25) is 0 Å². The van der Waals surface area contributed by atoms with E-state index < -0.39 is 0 Å². The number of allylic oxidation sites excluding steroid dienone is 1. The maximum Gasteiger partial charge on any atom is 0.120 e. The molecule has 0 radical (unpaired) electrons. The molecule has 0 N–H and O–H groups in total. The molecule has 28 heavy (non-hydrogen) atoms. The summed E-state index contributed by atoms with van der Waals surface area (Å²) < 4.78 is 16.8. The Labute approximate surface area is 170 Å². The molecule has 0 heterocycles. The Morgan fingerprint density at radius 1 is 0.679 bits per heavy atom. The molecule has 0 fully saturated rings. The second kappa shape index (κ2) is 13.7. The van der Waals surface area contributed by atoms with Crippen LogP contribution in [-0.4, -0.2) is 13.7 Å². The molecule has 0 aromatic heterocycles. The van der Waals surface area contributed by atoms with Crippen LogP contribution in [0.2, 0.25) is 0 Å². The maximum atomic E-state index is 5.84. The minimum absolute atomic E-state index is 0.541. The van der Waals surface area contributed by atoms with Gasteiger partial charge in [0, 0.05) is 0 Å². The van der Waals surface area contributed by atoms with Crippen molar-refractivity contribution >= 4 is 0 Å². The molecular formula is C25H34O3. The predicted molar refractivity (Wildman–Crippen MR) is 116 cm³/mol. The first-order chi connectivity index (χ1) is 13.8. The third kappa shape index (κ3) is 8.98. The highest BCUT2D eigenvalue weighted by Gasteiger charge is 1.99. The van der Waals surface area contributed by atoms with E-state index in [1.807, 2.05) is 42.5 Å². The Morgan fingerprint density at radius 2 is 1.21 bits per heavy atom. The van der Waals surface area contributed by atoms with Gasteiger partial charge < -0.3 is 14.2 Å². The van der Waals surface area contributed by atoms with E-state index in [2.05, 4.69) is 18.7 Å². The summed E-state index contributed by atoms with van der Waals surface area (Å²) in [6.07, 6.45) is 12.1. The summed E-state index contributed by atoms with van der Waals surface area (Å²) in [6.45, 7) is 5.09. The predicted octanol–water partition coefficient (Wildman–Crippen LogP) is 6.96. The lowest BCUT2D eigenvalue weighted by Gasteiger charge is -2.09. The summed E-state index contributed by atoms with van der Waals surface area (Å²) in [5.41, 5.74) is 1.12. The summed E-state index contributed by atoms with van der Waals surface area (Å²) >= 11 is 0. The van der Waals surface area contributed by atoms with Crippen molar-refractivity contribution in [2.45, 2.75) is 58.0 Å². The van der Waals surface area contributed by atoms with Gasteiger partial charge in [0.1, 0.15) is 23.9 Å². The number of unbranched alkanes of at least 4 members (excludes halogenated alkanes) is 7. The van der Waals surface area contributed by atoms with Crippen molar-refractivity contribution in [2.75, 3.05) is 13.7 Å². The van der Waals surface area contributed by atoms with Crippen molar-refractivity contribution in [3.05, 3.63) is 66.7 Å². The molecular weight excluding hydrogens is 348 g/mol.